The molecule has 39 heavy (non-hydrogen) atoms. The number of thiophene rings is 1. The van der Waals surface area contributed by atoms with Crippen LogP contribution in [0.2, 0.25) is 0 Å². The van der Waals surface area contributed by atoms with Crippen molar-refractivity contribution in [2.45, 2.75) is 46.5 Å². The quantitative estimate of drug-likeness (QED) is 0.183. The van der Waals surface area contributed by atoms with Gasteiger partial charge in [-0.2, -0.15) is 5.10 Å². The zero-order valence-electron chi connectivity index (χ0n) is 22.1. The van der Waals surface area contributed by atoms with Crippen LogP contribution < -0.4 is 16.1 Å². The Kier molecular flexibility index (Phi) is 7.60. The first kappa shape index (κ1) is 26.4. The number of hydrazone groups is 1. The van der Waals surface area contributed by atoms with Gasteiger partial charge in [0.1, 0.15) is 10.8 Å². The van der Waals surface area contributed by atoms with E-state index in [1.54, 1.807) is 17.6 Å². The molecule has 9 heteroatoms. The molecule has 0 unspecified atom stereocenters. The highest BCUT2D eigenvalue weighted by Crippen LogP contribution is 2.39. The van der Waals surface area contributed by atoms with Gasteiger partial charge in [-0.3, -0.25) is 4.79 Å². The number of fused-ring (bicyclic) bond motifs is 1. The van der Waals surface area contributed by atoms with Crippen LogP contribution >= 0.6 is 11.3 Å². The van der Waals surface area contributed by atoms with Gasteiger partial charge in [0, 0.05) is 33.2 Å². The predicted octanol–water partition coefficient (Wildman–Crippen LogP) is 6.89. The van der Waals surface area contributed by atoms with Crippen molar-refractivity contribution < 1.29 is 14.0 Å². The molecule has 5 rings (SSSR count). The molecule has 0 saturated heterocycles. The van der Waals surface area contributed by atoms with Gasteiger partial charge in [0.15, 0.2) is 0 Å². The summed E-state index contributed by atoms with van der Waals surface area (Å²) in [5.74, 6) is -0.480. The lowest BCUT2D eigenvalue weighted by atomic mass is 9.95. The van der Waals surface area contributed by atoms with E-state index < -0.39 is 6.03 Å². The van der Waals surface area contributed by atoms with E-state index in [4.69, 9.17) is 0 Å². The van der Waals surface area contributed by atoms with E-state index in [0.717, 1.165) is 70.0 Å². The minimum absolute atomic E-state index is 0.102. The number of halogens is 1. The number of rotatable bonds is 6. The van der Waals surface area contributed by atoms with Gasteiger partial charge >= 0.3 is 6.03 Å². The van der Waals surface area contributed by atoms with E-state index in [9.17, 15) is 14.0 Å². The van der Waals surface area contributed by atoms with E-state index in [0.29, 0.717) is 5.69 Å². The van der Waals surface area contributed by atoms with Crippen molar-refractivity contribution in [1.82, 2.24) is 9.99 Å². The Morgan fingerprint density at radius 3 is 2.36 bits per heavy atom. The summed E-state index contributed by atoms with van der Waals surface area (Å²) in [6.07, 6.45) is 5.65. The smallest absolute Gasteiger partial charge is 0.322 e. The van der Waals surface area contributed by atoms with Crippen LogP contribution in [-0.2, 0) is 12.8 Å². The largest absolute Gasteiger partial charge is 0.339 e. The molecule has 7 nitrogen and oxygen atoms in total. The third-order valence-corrected chi connectivity index (χ3v) is 8.11. The third-order valence-electron chi connectivity index (χ3n) is 6.83. The van der Waals surface area contributed by atoms with E-state index in [1.807, 2.05) is 51.1 Å². The molecule has 0 spiro atoms. The van der Waals surface area contributed by atoms with Crippen LogP contribution in [-0.4, -0.2) is 22.7 Å². The van der Waals surface area contributed by atoms with Crippen molar-refractivity contribution in [3.8, 4) is 5.00 Å². The molecule has 0 aliphatic heterocycles. The number of hydrogen-bond donors (Lipinski definition) is 3. The van der Waals surface area contributed by atoms with Crippen LogP contribution in [0.15, 0.2) is 59.7 Å². The summed E-state index contributed by atoms with van der Waals surface area (Å²) in [7, 11) is 0. The fourth-order valence-corrected chi connectivity index (χ4v) is 6.35. The molecule has 0 radical (unpaired) electrons. The number of amides is 3. The molecule has 0 bridgehead atoms. The highest BCUT2D eigenvalue weighted by molar-refractivity contribution is 7.15. The maximum atomic E-state index is 13.7. The molecular formula is C30H30FN5O2S. The van der Waals surface area contributed by atoms with Crippen LogP contribution in [0.5, 0.6) is 0 Å². The molecule has 3 N–H and O–H groups in total. The number of urea groups is 1. The third kappa shape index (κ3) is 5.78. The Morgan fingerprint density at radius 1 is 0.949 bits per heavy atom. The van der Waals surface area contributed by atoms with Crippen molar-refractivity contribution >= 4 is 40.9 Å². The lowest BCUT2D eigenvalue weighted by molar-refractivity contribution is 0.102. The first-order chi connectivity index (χ1) is 18.8. The molecule has 2 aromatic heterocycles. The van der Waals surface area contributed by atoms with Gasteiger partial charge in [-0.1, -0.05) is 17.7 Å². The summed E-state index contributed by atoms with van der Waals surface area (Å²) < 4.78 is 15.2. The van der Waals surface area contributed by atoms with Crippen LogP contribution in [0.3, 0.4) is 0 Å². The summed E-state index contributed by atoms with van der Waals surface area (Å²) in [4.78, 5) is 27.1. The van der Waals surface area contributed by atoms with Gasteiger partial charge in [-0.05, 0) is 94.5 Å². The average Bonchev–Trinajstić information content (AvgIpc) is 3.42. The van der Waals surface area contributed by atoms with E-state index in [2.05, 4.69) is 25.7 Å². The molecule has 3 amide bonds. The van der Waals surface area contributed by atoms with Gasteiger partial charge in [0.25, 0.3) is 5.91 Å². The summed E-state index contributed by atoms with van der Waals surface area (Å²) in [5, 5.41) is 10.7. The number of benzene rings is 2. The monoisotopic (exact) mass is 543 g/mol. The Balaban J connectivity index is 1.40. The molecule has 0 fully saturated rings. The highest BCUT2D eigenvalue weighted by Gasteiger charge is 2.28. The summed E-state index contributed by atoms with van der Waals surface area (Å²) in [6.45, 7) is 6.00. The van der Waals surface area contributed by atoms with Crippen molar-refractivity contribution in [1.29, 1.82) is 0 Å². The lowest BCUT2D eigenvalue weighted by Gasteiger charge is -2.14. The second kappa shape index (κ2) is 11.2. The number of nitrogens with one attached hydrogen (secondary N) is 3. The number of carbonyl (C=O) groups is 2. The molecule has 0 atom stereocenters. The number of anilines is 2. The Hall–Kier alpha value is -4.24. The zero-order chi connectivity index (χ0) is 27.5. The molecular weight excluding hydrogens is 513 g/mol. The van der Waals surface area contributed by atoms with E-state index >= 15 is 0 Å². The van der Waals surface area contributed by atoms with Crippen LogP contribution in [0.1, 0.15) is 56.2 Å². The summed E-state index contributed by atoms with van der Waals surface area (Å²) in [5.41, 5.74) is 9.40. The van der Waals surface area contributed by atoms with Gasteiger partial charge < -0.3 is 15.2 Å². The van der Waals surface area contributed by atoms with Gasteiger partial charge in [0.2, 0.25) is 0 Å². The molecule has 1 aliphatic rings. The molecule has 200 valence electrons. The Labute approximate surface area is 230 Å². The van der Waals surface area contributed by atoms with Crippen molar-refractivity contribution in [3.05, 3.63) is 98.9 Å². The minimum atomic E-state index is -0.535. The standard InChI is InChI=1S/C30H30FN5O2S/c1-18-8-12-23(13-9-18)33-28(37)27-25-6-4-5-7-26(25)39-29(27)36-19(2)16-21(20(36)3)17-32-35-30(38)34-24-14-10-22(31)11-15-24/h8-17H,4-7H2,1-3H3,(H,33,37)(H2,34,35,38)/b32-17+. The minimum Gasteiger partial charge on any atom is -0.322 e. The number of aromatic nitrogens is 1. The van der Waals surface area contributed by atoms with Crippen molar-refractivity contribution in [2.75, 3.05) is 10.6 Å². The number of nitrogens with zero attached hydrogens (tertiary/aromatic N) is 2. The van der Waals surface area contributed by atoms with Gasteiger partial charge in [0.05, 0.1) is 11.8 Å². The normalized spacial score (nSPS) is 12.8. The van der Waals surface area contributed by atoms with Crippen molar-refractivity contribution in [2.24, 2.45) is 5.10 Å². The summed E-state index contributed by atoms with van der Waals surface area (Å²) >= 11 is 1.68. The van der Waals surface area contributed by atoms with E-state index in [1.165, 1.54) is 29.1 Å². The molecule has 0 saturated carbocycles. The number of carbonyl (C=O) groups excluding carboxylic acids is 2. The number of hydrogen-bond acceptors (Lipinski definition) is 4. The maximum Gasteiger partial charge on any atom is 0.339 e. The fraction of sp³-hybridized carbons (Fsp3) is 0.233. The number of aryl methyl sites for hydroxylation is 3. The molecule has 4 aromatic rings. The second-order valence-electron chi connectivity index (χ2n) is 9.70. The van der Waals surface area contributed by atoms with Crippen LogP contribution in [0.25, 0.3) is 5.00 Å². The molecule has 1 aliphatic carbocycles. The second-order valence-corrected chi connectivity index (χ2v) is 10.8. The van der Waals surface area contributed by atoms with Gasteiger partial charge in [-0.15, -0.1) is 11.3 Å². The highest BCUT2D eigenvalue weighted by atomic mass is 32.1. The average molecular weight is 544 g/mol. The Morgan fingerprint density at radius 2 is 1.62 bits per heavy atom. The fourth-order valence-electron chi connectivity index (χ4n) is 4.86. The first-order valence-electron chi connectivity index (χ1n) is 12.9. The maximum absolute atomic E-state index is 13.7. The predicted molar refractivity (Wildman–Crippen MR) is 155 cm³/mol. The van der Waals surface area contributed by atoms with Crippen molar-refractivity contribution in [3.63, 3.8) is 0 Å². The van der Waals surface area contributed by atoms with Crippen LogP contribution in [0, 0.1) is 26.6 Å². The SMILES string of the molecule is Cc1ccc(NC(=O)c2c(-n3c(C)cc(/C=N/NC(=O)Nc4ccc(F)cc4)c3C)sc3c2CCCC3)cc1. The van der Waals surface area contributed by atoms with E-state index in [-0.39, 0.29) is 11.7 Å². The van der Waals surface area contributed by atoms with Gasteiger partial charge in [-0.25, -0.2) is 14.6 Å². The lowest BCUT2D eigenvalue weighted by Crippen LogP contribution is -2.24. The Bertz CT molecular complexity index is 1550. The summed E-state index contributed by atoms with van der Waals surface area (Å²) in [6, 6.07) is 14.7. The molecule has 2 aromatic carbocycles. The zero-order valence-corrected chi connectivity index (χ0v) is 22.9. The topological polar surface area (TPSA) is 87.5 Å². The first-order valence-corrected chi connectivity index (χ1v) is 13.7. The molecule has 2 heterocycles. The van der Waals surface area contributed by atoms with Crippen LogP contribution in [0.4, 0.5) is 20.6 Å².